The van der Waals surface area contributed by atoms with Crippen molar-refractivity contribution >= 4 is 40.9 Å². The van der Waals surface area contributed by atoms with Gasteiger partial charge in [0.1, 0.15) is 0 Å². The molecular formula is C24H23Cl2N3O3. The topological polar surface area (TPSA) is 69.7 Å². The van der Waals surface area contributed by atoms with Crippen molar-refractivity contribution < 1.29 is 14.4 Å². The van der Waals surface area contributed by atoms with Gasteiger partial charge in [-0.05, 0) is 66.6 Å². The van der Waals surface area contributed by atoms with Crippen molar-refractivity contribution in [2.45, 2.75) is 25.8 Å². The molecule has 0 aromatic heterocycles. The van der Waals surface area contributed by atoms with Crippen LogP contribution in [-0.4, -0.2) is 53.7 Å². The minimum atomic E-state index is -0.0821. The summed E-state index contributed by atoms with van der Waals surface area (Å²) in [5.74, 6) is -0.106. The van der Waals surface area contributed by atoms with Gasteiger partial charge >= 0.3 is 0 Å². The van der Waals surface area contributed by atoms with E-state index in [4.69, 9.17) is 23.2 Å². The van der Waals surface area contributed by atoms with Gasteiger partial charge in [0.25, 0.3) is 17.7 Å². The van der Waals surface area contributed by atoms with E-state index in [0.29, 0.717) is 59.5 Å². The minimum absolute atomic E-state index is 0.0123. The number of carbonyl (C=O) groups excluding carboxylic acids is 3. The molecule has 6 nitrogen and oxygen atoms in total. The minimum Gasteiger partial charge on any atom is -0.348 e. The Kier molecular flexibility index (Phi) is 5.38. The number of nitrogens with zero attached hydrogens (tertiary/aromatic N) is 2. The molecule has 166 valence electrons. The normalized spacial score (nSPS) is 19.2. The zero-order valence-corrected chi connectivity index (χ0v) is 19.0. The average Bonchev–Trinajstić information content (AvgIpc) is 3.39. The lowest BCUT2D eigenvalue weighted by molar-refractivity contribution is 0.0565. The molecule has 3 aliphatic rings. The molecule has 1 N–H and O–H groups in total. The van der Waals surface area contributed by atoms with Crippen LogP contribution in [0, 0.1) is 5.41 Å². The molecule has 0 aliphatic carbocycles. The quantitative estimate of drug-likeness (QED) is 0.719. The van der Waals surface area contributed by atoms with Crippen molar-refractivity contribution in [3.63, 3.8) is 0 Å². The molecule has 2 saturated heterocycles. The van der Waals surface area contributed by atoms with Gasteiger partial charge in [0.05, 0.1) is 10.0 Å². The Morgan fingerprint density at radius 1 is 0.844 bits per heavy atom. The monoisotopic (exact) mass is 471 g/mol. The van der Waals surface area contributed by atoms with Crippen LogP contribution < -0.4 is 5.32 Å². The summed E-state index contributed by atoms with van der Waals surface area (Å²) < 4.78 is 0. The summed E-state index contributed by atoms with van der Waals surface area (Å²) in [6.45, 7) is 3.21. The van der Waals surface area contributed by atoms with Crippen molar-refractivity contribution in [3.05, 3.63) is 68.7 Å². The van der Waals surface area contributed by atoms with Gasteiger partial charge in [-0.3, -0.25) is 14.4 Å². The van der Waals surface area contributed by atoms with E-state index in [1.165, 1.54) is 0 Å². The van der Waals surface area contributed by atoms with Crippen LogP contribution in [0.4, 0.5) is 0 Å². The van der Waals surface area contributed by atoms with Crippen molar-refractivity contribution in [3.8, 4) is 0 Å². The number of piperidine rings is 1. The molecule has 0 unspecified atom stereocenters. The number of amides is 3. The molecule has 2 fully saturated rings. The molecular weight excluding hydrogens is 449 g/mol. The summed E-state index contributed by atoms with van der Waals surface area (Å²) in [4.78, 5) is 41.5. The third kappa shape index (κ3) is 3.76. The molecule has 1 spiro atoms. The highest BCUT2D eigenvalue weighted by Crippen LogP contribution is 2.41. The molecule has 2 aromatic rings. The second-order valence-electron chi connectivity index (χ2n) is 8.95. The number of benzene rings is 2. The fourth-order valence-corrected chi connectivity index (χ4v) is 5.36. The van der Waals surface area contributed by atoms with E-state index in [-0.39, 0.29) is 23.1 Å². The van der Waals surface area contributed by atoms with Crippen LogP contribution in [0.5, 0.6) is 0 Å². The number of halogens is 2. The van der Waals surface area contributed by atoms with E-state index >= 15 is 0 Å². The van der Waals surface area contributed by atoms with Gasteiger partial charge in [0, 0.05) is 49.4 Å². The number of carbonyl (C=O) groups is 3. The van der Waals surface area contributed by atoms with Crippen molar-refractivity contribution in [2.75, 3.05) is 26.2 Å². The largest absolute Gasteiger partial charge is 0.348 e. The molecule has 3 amide bonds. The maximum atomic E-state index is 13.1. The van der Waals surface area contributed by atoms with Gasteiger partial charge in [-0.2, -0.15) is 0 Å². The Balaban J connectivity index is 1.22. The van der Waals surface area contributed by atoms with Crippen molar-refractivity contribution in [2.24, 2.45) is 5.41 Å². The third-order valence-corrected chi connectivity index (χ3v) is 7.78. The third-order valence-electron chi connectivity index (χ3n) is 7.04. The fourth-order valence-electron chi connectivity index (χ4n) is 5.06. The Morgan fingerprint density at radius 3 is 2.19 bits per heavy atom. The summed E-state index contributed by atoms with van der Waals surface area (Å²) in [5.41, 5.74) is 2.76. The molecule has 3 aliphatic heterocycles. The lowest BCUT2D eigenvalue weighted by Crippen LogP contribution is -2.44. The van der Waals surface area contributed by atoms with Crippen LogP contribution >= 0.6 is 23.2 Å². The number of fused-ring (bicyclic) bond motifs is 1. The Labute approximate surface area is 196 Å². The summed E-state index contributed by atoms with van der Waals surface area (Å²) >= 11 is 12.0. The molecule has 8 heteroatoms. The standard InChI is InChI=1S/C24H23Cl2N3O3/c25-19-4-2-16(12-20(19)26)22(31)28-8-5-24(6-9-28)7-10-29(14-24)23(32)15-1-3-18-17(11-15)13-27-21(18)30/h1-4,11-12H,5-10,13-14H2,(H,27,30). The first-order chi connectivity index (χ1) is 15.3. The first-order valence-electron chi connectivity index (χ1n) is 10.8. The Morgan fingerprint density at radius 2 is 1.47 bits per heavy atom. The zero-order valence-electron chi connectivity index (χ0n) is 17.5. The van der Waals surface area contributed by atoms with Crippen LogP contribution in [0.2, 0.25) is 10.0 Å². The van der Waals surface area contributed by atoms with E-state index in [9.17, 15) is 14.4 Å². The fraction of sp³-hybridized carbons (Fsp3) is 0.375. The summed E-state index contributed by atoms with van der Waals surface area (Å²) in [6.07, 6.45) is 2.68. The molecule has 0 saturated carbocycles. The van der Waals surface area contributed by atoms with Crippen LogP contribution in [0.25, 0.3) is 0 Å². The summed E-state index contributed by atoms with van der Waals surface area (Å²) in [6, 6.07) is 10.3. The predicted molar refractivity (Wildman–Crippen MR) is 122 cm³/mol. The number of likely N-dealkylation sites (tertiary alicyclic amines) is 2. The summed E-state index contributed by atoms with van der Waals surface area (Å²) in [7, 11) is 0. The van der Waals surface area contributed by atoms with E-state index in [0.717, 1.165) is 24.8 Å². The van der Waals surface area contributed by atoms with E-state index in [2.05, 4.69) is 5.32 Å². The predicted octanol–water partition coefficient (Wildman–Crippen LogP) is 4.01. The molecule has 5 rings (SSSR count). The molecule has 0 bridgehead atoms. The second-order valence-corrected chi connectivity index (χ2v) is 9.77. The van der Waals surface area contributed by atoms with Gasteiger partial charge in [0.2, 0.25) is 0 Å². The van der Waals surface area contributed by atoms with Crippen LogP contribution in [0.1, 0.15) is 55.9 Å². The number of hydrogen-bond acceptors (Lipinski definition) is 3. The maximum Gasteiger partial charge on any atom is 0.253 e. The number of rotatable bonds is 2. The van der Waals surface area contributed by atoms with Gasteiger partial charge < -0.3 is 15.1 Å². The van der Waals surface area contributed by atoms with Gasteiger partial charge in [-0.1, -0.05) is 23.2 Å². The molecule has 3 heterocycles. The Hall–Kier alpha value is -2.57. The lowest BCUT2D eigenvalue weighted by atomic mass is 9.77. The zero-order chi connectivity index (χ0) is 22.5. The Bertz CT molecular complexity index is 1130. The highest BCUT2D eigenvalue weighted by Gasteiger charge is 2.43. The van der Waals surface area contributed by atoms with Crippen LogP contribution in [0.3, 0.4) is 0 Å². The average molecular weight is 472 g/mol. The maximum absolute atomic E-state index is 13.1. The molecule has 0 radical (unpaired) electrons. The molecule has 0 atom stereocenters. The number of nitrogens with one attached hydrogen (secondary N) is 1. The lowest BCUT2D eigenvalue weighted by Gasteiger charge is -2.39. The first-order valence-corrected chi connectivity index (χ1v) is 11.6. The van der Waals surface area contributed by atoms with Gasteiger partial charge in [-0.15, -0.1) is 0 Å². The van der Waals surface area contributed by atoms with E-state index < -0.39 is 0 Å². The molecule has 2 aromatic carbocycles. The highest BCUT2D eigenvalue weighted by molar-refractivity contribution is 6.42. The number of hydrogen-bond donors (Lipinski definition) is 1. The van der Waals surface area contributed by atoms with Gasteiger partial charge in [-0.25, -0.2) is 0 Å². The summed E-state index contributed by atoms with van der Waals surface area (Å²) in [5, 5.41) is 3.60. The van der Waals surface area contributed by atoms with Crippen LogP contribution in [0.15, 0.2) is 36.4 Å². The van der Waals surface area contributed by atoms with E-state index in [1.54, 1.807) is 30.3 Å². The van der Waals surface area contributed by atoms with Gasteiger partial charge in [0.15, 0.2) is 0 Å². The van der Waals surface area contributed by atoms with Crippen molar-refractivity contribution in [1.82, 2.24) is 15.1 Å². The first kappa shape index (κ1) is 21.3. The highest BCUT2D eigenvalue weighted by atomic mass is 35.5. The molecule has 32 heavy (non-hydrogen) atoms. The SMILES string of the molecule is O=C1NCc2cc(C(=O)N3CCC4(CCN(C(=O)c5ccc(Cl)c(Cl)c5)CC4)C3)ccc21. The van der Waals surface area contributed by atoms with E-state index in [1.807, 2.05) is 15.9 Å². The smallest absolute Gasteiger partial charge is 0.253 e. The second kappa shape index (κ2) is 8.09. The van der Waals surface area contributed by atoms with Crippen molar-refractivity contribution in [1.29, 1.82) is 0 Å². The van der Waals surface area contributed by atoms with Crippen LogP contribution in [-0.2, 0) is 6.54 Å².